The van der Waals surface area contributed by atoms with Gasteiger partial charge in [-0.15, -0.1) is 0 Å². The monoisotopic (exact) mass is 314 g/mol. The molecule has 0 saturated carbocycles. The summed E-state index contributed by atoms with van der Waals surface area (Å²) >= 11 is 0. The summed E-state index contributed by atoms with van der Waals surface area (Å²) in [5.41, 5.74) is 0. The molecule has 0 N–H and O–H groups in total. The van der Waals surface area contributed by atoms with E-state index in [4.69, 9.17) is 9.16 Å². The van der Waals surface area contributed by atoms with Crippen LogP contribution in [-0.2, 0) is 18.7 Å². The molecular weight excluding hydrogens is 284 g/mol. The molecule has 0 bridgehead atoms. The fourth-order valence-electron chi connectivity index (χ4n) is 2.02. The largest absolute Gasteiger partial charge is 0.466 e. The van der Waals surface area contributed by atoms with Gasteiger partial charge in [0.05, 0.1) is 25.9 Å². The van der Waals surface area contributed by atoms with E-state index in [0.29, 0.717) is 12.5 Å². The van der Waals surface area contributed by atoms with E-state index in [1.54, 1.807) is 6.08 Å². The highest BCUT2D eigenvalue weighted by Gasteiger charge is 2.39. The van der Waals surface area contributed by atoms with Gasteiger partial charge in [-0.1, -0.05) is 27.7 Å². The van der Waals surface area contributed by atoms with Gasteiger partial charge in [-0.3, -0.25) is 0 Å². The lowest BCUT2D eigenvalue weighted by atomic mass is 10.0. The van der Waals surface area contributed by atoms with Gasteiger partial charge in [-0.25, -0.2) is 4.79 Å². The molecule has 1 saturated heterocycles. The van der Waals surface area contributed by atoms with Gasteiger partial charge < -0.3 is 13.9 Å². The number of carbonyl (C=O) groups is 1. The minimum Gasteiger partial charge on any atom is -0.466 e. The van der Waals surface area contributed by atoms with Crippen LogP contribution < -0.4 is 0 Å². The topological polar surface area (TPSA) is 44.8 Å². The highest BCUT2D eigenvalue weighted by atomic mass is 28.4. The molecule has 0 aromatic heterocycles. The first kappa shape index (κ1) is 18.4. The van der Waals surface area contributed by atoms with E-state index in [1.165, 1.54) is 13.2 Å². The average Bonchev–Trinajstić information content (AvgIpc) is 2.73. The summed E-state index contributed by atoms with van der Waals surface area (Å²) < 4.78 is 16.8. The Balaban J connectivity index is 2.51. The minimum atomic E-state index is -1.74. The highest BCUT2D eigenvalue weighted by molar-refractivity contribution is 6.74. The average molecular weight is 314 g/mol. The van der Waals surface area contributed by atoms with Crippen LogP contribution in [0.5, 0.6) is 0 Å². The molecule has 0 unspecified atom stereocenters. The molecule has 1 aliphatic rings. The quantitative estimate of drug-likeness (QED) is 0.442. The van der Waals surface area contributed by atoms with E-state index in [9.17, 15) is 4.79 Å². The van der Waals surface area contributed by atoms with Crippen molar-refractivity contribution in [1.82, 2.24) is 0 Å². The van der Waals surface area contributed by atoms with Crippen molar-refractivity contribution in [1.29, 1.82) is 0 Å². The smallest absolute Gasteiger partial charge is 0.330 e. The van der Waals surface area contributed by atoms with Gasteiger partial charge in [-0.2, -0.15) is 0 Å². The Morgan fingerprint density at radius 1 is 1.38 bits per heavy atom. The minimum absolute atomic E-state index is 0.0212. The molecule has 21 heavy (non-hydrogen) atoms. The third-order valence-corrected chi connectivity index (χ3v) is 9.15. The molecule has 4 nitrogen and oxygen atoms in total. The Hall–Kier alpha value is -0.653. The Morgan fingerprint density at radius 3 is 2.52 bits per heavy atom. The second-order valence-corrected chi connectivity index (χ2v) is 12.2. The van der Waals surface area contributed by atoms with Crippen molar-refractivity contribution in [3.8, 4) is 0 Å². The van der Waals surface area contributed by atoms with Crippen LogP contribution in [0.2, 0.25) is 18.1 Å². The standard InChI is InChI=1S/C16H30O4Si/c1-12-10-13(8-9-15(17)18-5)20-14(12)11-19-21(6,7)16(2,3)4/h8-9,12-14H,10-11H2,1-7H3/b9-8-/t12-,13+,14+/m1/s1. The van der Waals surface area contributed by atoms with Crippen molar-refractivity contribution in [2.45, 2.75) is 64.5 Å². The summed E-state index contributed by atoms with van der Waals surface area (Å²) in [5.74, 6) is 0.0919. The van der Waals surface area contributed by atoms with Gasteiger partial charge >= 0.3 is 5.97 Å². The molecule has 0 aromatic rings. The number of hydrogen-bond donors (Lipinski definition) is 0. The summed E-state index contributed by atoms with van der Waals surface area (Å²) in [7, 11) is -0.363. The Kier molecular flexibility index (Phi) is 6.19. The van der Waals surface area contributed by atoms with E-state index < -0.39 is 8.32 Å². The molecule has 1 rings (SSSR count). The summed E-state index contributed by atoms with van der Waals surface area (Å²) in [6.45, 7) is 14.0. The zero-order chi connectivity index (χ0) is 16.3. The Bertz CT molecular complexity index is 384. The van der Waals surface area contributed by atoms with Crippen LogP contribution in [0, 0.1) is 5.92 Å². The summed E-state index contributed by atoms with van der Waals surface area (Å²) in [6.07, 6.45) is 4.22. The number of esters is 1. The van der Waals surface area contributed by atoms with Crippen molar-refractivity contribution in [2.24, 2.45) is 5.92 Å². The van der Waals surface area contributed by atoms with Crippen LogP contribution in [0.25, 0.3) is 0 Å². The summed E-state index contributed by atoms with van der Waals surface area (Å²) in [6, 6.07) is 0. The third-order valence-electron chi connectivity index (χ3n) is 4.65. The Labute approximate surface area is 130 Å². The van der Waals surface area contributed by atoms with Crippen LogP contribution in [0.15, 0.2) is 12.2 Å². The molecular formula is C16H30O4Si. The first-order chi connectivity index (χ1) is 9.56. The molecule has 0 spiro atoms. The summed E-state index contributed by atoms with van der Waals surface area (Å²) in [5, 5.41) is 0.207. The Morgan fingerprint density at radius 2 is 2.00 bits per heavy atom. The fraction of sp³-hybridized carbons (Fsp3) is 0.812. The van der Waals surface area contributed by atoms with E-state index in [-0.39, 0.29) is 23.2 Å². The van der Waals surface area contributed by atoms with Crippen molar-refractivity contribution in [2.75, 3.05) is 13.7 Å². The number of hydrogen-bond acceptors (Lipinski definition) is 4. The number of carbonyl (C=O) groups excluding carboxylic acids is 1. The SMILES string of the molecule is COC(=O)/C=C\[C@H]1C[C@@H](C)[C@H](CO[Si](C)(C)C(C)(C)C)O1. The van der Waals surface area contributed by atoms with Crippen LogP contribution in [0.3, 0.4) is 0 Å². The summed E-state index contributed by atoms with van der Waals surface area (Å²) in [4.78, 5) is 11.1. The van der Waals surface area contributed by atoms with Crippen LogP contribution in [0.1, 0.15) is 34.1 Å². The molecule has 122 valence electrons. The molecule has 1 fully saturated rings. The maximum absolute atomic E-state index is 11.1. The number of rotatable bonds is 5. The molecule has 1 aliphatic heterocycles. The fourth-order valence-corrected chi connectivity index (χ4v) is 3.03. The highest BCUT2D eigenvalue weighted by Crippen LogP contribution is 2.37. The van der Waals surface area contributed by atoms with E-state index in [1.807, 2.05) is 0 Å². The second kappa shape index (κ2) is 7.07. The van der Waals surface area contributed by atoms with Crippen molar-refractivity contribution in [3.63, 3.8) is 0 Å². The van der Waals surface area contributed by atoms with Crippen molar-refractivity contribution in [3.05, 3.63) is 12.2 Å². The second-order valence-electron chi connectivity index (χ2n) is 7.38. The molecule has 0 radical (unpaired) electrons. The predicted molar refractivity (Wildman–Crippen MR) is 86.7 cm³/mol. The maximum atomic E-state index is 11.1. The van der Waals surface area contributed by atoms with Gasteiger partial charge in [0, 0.05) is 6.08 Å². The van der Waals surface area contributed by atoms with Gasteiger partial charge in [0.25, 0.3) is 0 Å². The first-order valence-electron chi connectivity index (χ1n) is 7.62. The number of ether oxygens (including phenoxy) is 2. The zero-order valence-corrected chi connectivity index (χ0v) is 15.4. The van der Waals surface area contributed by atoms with Gasteiger partial charge in [0.1, 0.15) is 0 Å². The maximum Gasteiger partial charge on any atom is 0.330 e. The lowest BCUT2D eigenvalue weighted by molar-refractivity contribution is -0.134. The molecule has 1 heterocycles. The lowest BCUT2D eigenvalue weighted by Crippen LogP contribution is -2.43. The first-order valence-corrected chi connectivity index (χ1v) is 10.5. The zero-order valence-electron chi connectivity index (χ0n) is 14.4. The normalized spacial score (nSPS) is 27.3. The van der Waals surface area contributed by atoms with E-state index in [0.717, 1.165) is 6.42 Å². The molecule has 0 aliphatic carbocycles. The predicted octanol–water partition coefficient (Wildman–Crippen LogP) is 3.53. The molecule has 5 heteroatoms. The number of methoxy groups -OCH3 is 1. The van der Waals surface area contributed by atoms with Crippen LogP contribution in [0.4, 0.5) is 0 Å². The van der Waals surface area contributed by atoms with Crippen LogP contribution >= 0.6 is 0 Å². The lowest BCUT2D eigenvalue weighted by Gasteiger charge is -2.37. The van der Waals surface area contributed by atoms with Crippen molar-refractivity contribution >= 4 is 14.3 Å². The van der Waals surface area contributed by atoms with E-state index in [2.05, 4.69) is 45.5 Å². The van der Waals surface area contributed by atoms with Gasteiger partial charge in [0.15, 0.2) is 8.32 Å². The van der Waals surface area contributed by atoms with E-state index >= 15 is 0 Å². The molecule has 3 atom stereocenters. The van der Waals surface area contributed by atoms with Gasteiger partial charge in [-0.05, 0) is 36.5 Å². The van der Waals surface area contributed by atoms with Crippen molar-refractivity contribution < 1.29 is 18.7 Å². The third kappa shape index (κ3) is 5.24. The molecule has 0 amide bonds. The molecule has 0 aromatic carbocycles. The van der Waals surface area contributed by atoms with Crippen LogP contribution in [-0.4, -0.2) is 40.2 Å². The van der Waals surface area contributed by atoms with Gasteiger partial charge in [0.2, 0.25) is 0 Å².